The van der Waals surface area contributed by atoms with Crippen molar-refractivity contribution in [2.75, 3.05) is 25.5 Å². The summed E-state index contributed by atoms with van der Waals surface area (Å²) in [6.45, 7) is 9.44. The molecule has 0 aliphatic rings. The zero-order valence-corrected chi connectivity index (χ0v) is 11.2. The molecule has 1 heterocycles. The lowest BCUT2D eigenvalue weighted by Gasteiger charge is -2.15. The van der Waals surface area contributed by atoms with E-state index in [-0.39, 0.29) is 0 Å². The molecule has 16 heavy (non-hydrogen) atoms. The largest absolute Gasteiger partial charge is 0.370 e. The third-order valence-corrected chi connectivity index (χ3v) is 2.86. The first-order chi connectivity index (χ1) is 7.60. The highest BCUT2D eigenvalue weighted by Crippen LogP contribution is 2.20. The molecule has 4 heteroatoms. The number of aryl methyl sites for hydroxylation is 2. The van der Waals surface area contributed by atoms with Crippen molar-refractivity contribution in [3.63, 3.8) is 0 Å². The van der Waals surface area contributed by atoms with Crippen LogP contribution < -0.4 is 5.32 Å². The van der Waals surface area contributed by atoms with Gasteiger partial charge in [-0.3, -0.25) is 4.68 Å². The predicted octanol–water partition coefficient (Wildman–Crippen LogP) is 2.00. The molecular formula is C12H24N4. The molecule has 0 atom stereocenters. The first-order valence-electron chi connectivity index (χ1n) is 6.05. The minimum atomic E-state index is 0.961. The molecule has 1 aromatic rings. The van der Waals surface area contributed by atoms with Crippen molar-refractivity contribution in [1.82, 2.24) is 14.7 Å². The molecule has 1 aromatic heterocycles. The second kappa shape index (κ2) is 5.89. The van der Waals surface area contributed by atoms with E-state index in [1.54, 1.807) is 0 Å². The quantitative estimate of drug-likeness (QED) is 0.802. The number of nitrogens with zero attached hydrogens (tertiary/aromatic N) is 3. The Bertz CT molecular complexity index is 330. The average molecular weight is 224 g/mol. The Morgan fingerprint density at radius 1 is 1.38 bits per heavy atom. The van der Waals surface area contributed by atoms with Crippen LogP contribution in [-0.2, 0) is 13.6 Å². The van der Waals surface area contributed by atoms with Gasteiger partial charge in [0.05, 0.1) is 5.69 Å². The number of aromatic nitrogens is 2. The summed E-state index contributed by atoms with van der Waals surface area (Å²) in [7, 11) is 4.14. The van der Waals surface area contributed by atoms with Gasteiger partial charge in [0.15, 0.2) is 0 Å². The number of hydrogen-bond acceptors (Lipinski definition) is 3. The maximum atomic E-state index is 4.48. The topological polar surface area (TPSA) is 33.1 Å². The van der Waals surface area contributed by atoms with Crippen molar-refractivity contribution in [2.24, 2.45) is 7.05 Å². The van der Waals surface area contributed by atoms with Gasteiger partial charge in [-0.2, -0.15) is 5.10 Å². The summed E-state index contributed by atoms with van der Waals surface area (Å²) in [6, 6.07) is 0. The first-order valence-corrected chi connectivity index (χ1v) is 6.05. The van der Waals surface area contributed by atoms with Crippen LogP contribution in [0.3, 0.4) is 0 Å². The number of nitrogens with one attached hydrogen (secondary N) is 1. The molecule has 1 rings (SSSR count). The lowest BCUT2D eigenvalue weighted by Crippen LogP contribution is -2.18. The molecule has 0 aliphatic carbocycles. The predicted molar refractivity (Wildman–Crippen MR) is 68.7 cm³/mol. The molecule has 0 unspecified atom stereocenters. The zero-order chi connectivity index (χ0) is 12.1. The van der Waals surface area contributed by atoms with Crippen LogP contribution in [-0.4, -0.2) is 34.8 Å². The summed E-state index contributed by atoms with van der Waals surface area (Å²) in [5, 5.41) is 7.93. The van der Waals surface area contributed by atoms with Gasteiger partial charge in [-0.1, -0.05) is 13.8 Å². The van der Waals surface area contributed by atoms with Crippen molar-refractivity contribution in [3.05, 3.63) is 11.3 Å². The monoisotopic (exact) mass is 224 g/mol. The summed E-state index contributed by atoms with van der Waals surface area (Å²) < 4.78 is 1.95. The lowest BCUT2D eigenvalue weighted by atomic mass is 10.2. The summed E-state index contributed by atoms with van der Waals surface area (Å²) >= 11 is 0. The van der Waals surface area contributed by atoms with Crippen LogP contribution in [0.15, 0.2) is 0 Å². The Kier molecular flexibility index (Phi) is 4.80. The minimum absolute atomic E-state index is 0.961. The van der Waals surface area contributed by atoms with Crippen LogP contribution in [0.1, 0.15) is 31.5 Å². The molecule has 0 saturated carbocycles. The third-order valence-electron chi connectivity index (χ3n) is 2.86. The van der Waals surface area contributed by atoms with E-state index in [9.17, 15) is 0 Å². The molecule has 0 amide bonds. The summed E-state index contributed by atoms with van der Waals surface area (Å²) in [6.07, 6.45) is 1.13. The molecule has 0 radical (unpaired) electrons. The molecule has 4 nitrogen and oxygen atoms in total. The van der Waals surface area contributed by atoms with Gasteiger partial charge in [-0.05, 0) is 26.9 Å². The zero-order valence-electron chi connectivity index (χ0n) is 11.2. The average Bonchev–Trinajstić information content (AvgIpc) is 2.51. The molecule has 0 aliphatic heterocycles. The second-order valence-corrected chi connectivity index (χ2v) is 4.29. The van der Waals surface area contributed by atoms with Crippen molar-refractivity contribution in [1.29, 1.82) is 0 Å². The molecule has 0 spiro atoms. The number of rotatable bonds is 6. The summed E-state index contributed by atoms with van der Waals surface area (Å²) in [5.74, 6) is 1.17. The highest BCUT2D eigenvalue weighted by Gasteiger charge is 2.13. The van der Waals surface area contributed by atoms with Gasteiger partial charge < -0.3 is 10.2 Å². The standard InChI is InChI=1S/C12H24N4/c1-6-8-13-12-11(9-15(4)7-2)10(3)14-16(12)5/h13H,6-9H2,1-5H3. The maximum absolute atomic E-state index is 4.48. The van der Waals surface area contributed by atoms with Crippen LogP contribution >= 0.6 is 0 Å². The van der Waals surface area contributed by atoms with E-state index in [0.717, 1.165) is 31.7 Å². The van der Waals surface area contributed by atoms with Gasteiger partial charge >= 0.3 is 0 Å². The fourth-order valence-corrected chi connectivity index (χ4v) is 1.74. The van der Waals surface area contributed by atoms with Crippen LogP contribution in [0.4, 0.5) is 5.82 Å². The molecule has 0 bridgehead atoms. The first kappa shape index (κ1) is 13.0. The molecule has 0 saturated heterocycles. The van der Waals surface area contributed by atoms with Crippen molar-refractivity contribution >= 4 is 5.82 Å². The van der Waals surface area contributed by atoms with Crippen molar-refractivity contribution < 1.29 is 0 Å². The van der Waals surface area contributed by atoms with Crippen molar-refractivity contribution in [3.8, 4) is 0 Å². The van der Waals surface area contributed by atoms with Gasteiger partial charge in [0.2, 0.25) is 0 Å². The van der Waals surface area contributed by atoms with Gasteiger partial charge in [0.1, 0.15) is 5.82 Å². The van der Waals surface area contributed by atoms with Gasteiger partial charge in [0.25, 0.3) is 0 Å². The summed E-state index contributed by atoms with van der Waals surface area (Å²) in [5.41, 5.74) is 2.45. The fourth-order valence-electron chi connectivity index (χ4n) is 1.74. The van der Waals surface area contributed by atoms with Crippen molar-refractivity contribution in [2.45, 2.75) is 33.7 Å². The van der Waals surface area contributed by atoms with E-state index in [1.165, 1.54) is 11.4 Å². The Balaban J connectivity index is 2.87. The summed E-state index contributed by atoms with van der Waals surface area (Å²) in [4.78, 5) is 2.29. The molecule has 0 aromatic carbocycles. The highest BCUT2D eigenvalue weighted by atomic mass is 15.3. The minimum Gasteiger partial charge on any atom is -0.370 e. The van der Waals surface area contributed by atoms with Gasteiger partial charge in [0, 0.05) is 25.7 Å². The van der Waals surface area contributed by atoms with E-state index in [0.29, 0.717) is 0 Å². The van der Waals surface area contributed by atoms with E-state index in [2.05, 4.69) is 43.1 Å². The van der Waals surface area contributed by atoms with E-state index in [1.807, 2.05) is 11.7 Å². The van der Waals surface area contributed by atoms with E-state index in [4.69, 9.17) is 0 Å². The number of anilines is 1. The Morgan fingerprint density at radius 2 is 2.06 bits per heavy atom. The van der Waals surface area contributed by atoms with Gasteiger partial charge in [-0.15, -0.1) is 0 Å². The van der Waals surface area contributed by atoms with E-state index >= 15 is 0 Å². The van der Waals surface area contributed by atoms with Crippen LogP contribution in [0.25, 0.3) is 0 Å². The van der Waals surface area contributed by atoms with Crippen LogP contribution in [0.5, 0.6) is 0 Å². The normalized spacial score (nSPS) is 11.1. The molecular weight excluding hydrogens is 200 g/mol. The smallest absolute Gasteiger partial charge is 0.128 e. The SMILES string of the molecule is CCCNc1c(CN(C)CC)c(C)nn1C. The molecule has 1 N–H and O–H groups in total. The van der Waals surface area contributed by atoms with Crippen LogP contribution in [0.2, 0.25) is 0 Å². The third kappa shape index (κ3) is 2.98. The molecule has 0 fully saturated rings. The van der Waals surface area contributed by atoms with Crippen LogP contribution in [0, 0.1) is 6.92 Å². The Hall–Kier alpha value is -1.03. The Morgan fingerprint density at radius 3 is 2.62 bits per heavy atom. The number of hydrogen-bond donors (Lipinski definition) is 1. The van der Waals surface area contributed by atoms with E-state index < -0.39 is 0 Å². The lowest BCUT2D eigenvalue weighted by molar-refractivity contribution is 0.345. The maximum Gasteiger partial charge on any atom is 0.128 e. The fraction of sp³-hybridized carbons (Fsp3) is 0.750. The second-order valence-electron chi connectivity index (χ2n) is 4.29. The molecule has 92 valence electrons. The highest BCUT2D eigenvalue weighted by molar-refractivity contribution is 5.47. The Labute approximate surface area is 98.6 Å². The van der Waals surface area contributed by atoms with Gasteiger partial charge in [-0.25, -0.2) is 0 Å².